The number of rotatable bonds is 4. The van der Waals surface area contributed by atoms with Gasteiger partial charge in [-0.2, -0.15) is 0 Å². The van der Waals surface area contributed by atoms with Crippen LogP contribution in [0.15, 0.2) is 18.2 Å². The van der Waals surface area contributed by atoms with E-state index in [9.17, 15) is 9.59 Å². The molecule has 130 valence electrons. The number of amides is 3. The highest BCUT2D eigenvalue weighted by atomic mass is 16.5. The first-order valence-corrected chi connectivity index (χ1v) is 8.37. The number of nitrogens with zero attached hydrogens (tertiary/aromatic N) is 1. The third-order valence-electron chi connectivity index (χ3n) is 5.32. The Morgan fingerprint density at radius 1 is 1.25 bits per heavy atom. The summed E-state index contributed by atoms with van der Waals surface area (Å²) in [7, 11) is 3.15. The highest BCUT2D eigenvalue weighted by Gasteiger charge is 2.54. The summed E-state index contributed by atoms with van der Waals surface area (Å²) in [5.74, 6) is 1.33. The number of methoxy groups -OCH3 is 2. The van der Waals surface area contributed by atoms with Crippen molar-refractivity contribution in [1.82, 2.24) is 10.2 Å². The van der Waals surface area contributed by atoms with Crippen LogP contribution in [-0.4, -0.2) is 36.6 Å². The largest absolute Gasteiger partial charge is 0.497 e. The molecular formula is C18H24N2O4. The topological polar surface area (TPSA) is 67.9 Å². The average Bonchev–Trinajstić information content (AvgIpc) is 2.82. The highest BCUT2D eigenvalue weighted by Crippen LogP contribution is 2.39. The van der Waals surface area contributed by atoms with E-state index in [4.69, 9.17) is 9.47 Å². The van der Waals surface area contributed by atoms with Crippen LogP contribution in [-0.2, 0) is 11.3 Å². The standard InChI is InChI=1S/C18H24N2O4/c1-12-6-4-5-9-18(12)16(21)20(17(22)19-18)11-13-10-14(23-2)7-8-15(13)24-3/h7-8,10,12H,4-6,9,11H2,1-3H3,(H,19,22)/t12-,18+/m1/s1. The molecule has 1 N–H and O–H groups in total. The monoisotopic (exact) mass is 332 g/mol. The van der Waals surface area contributed by atoms with Crippen molar-refractivity contribution in [2.75, 3.05) is 14.2 Å². The first kappa shape index (κ1) is 16.6. The van der Waals surface area contributed by atoms with Gasteiger partial charge in [0.15, 0.2) is 0 Å². The molecule has 6 nitrogen and oxygen atoms in total. The average molecular weight is 332 g/mol. The molecular weight excluding hydrogens is 308 g/mol. The maximum Gasteiger partial charge on any atom is 0.325 e. The zero-order valence-electron chi connectivity index (χ0n) is 14.4. The van der Waals surface area contributed by atoms with Crippen molar-refractivity contribution < 1.29 is 19.1 Å². The fourth-order valence-corrected chi connectivity index (χ4v) is 3.81. The van der Waals surface area contributed by atoms with E-state index in [1.54, 1.807) is 32.4 Å². The van der Waals surface area contributed by atoms with Crippen LogP contribution in [0.3, 0.4) is 0 Å². The fourth-order valence-electron chi connectivity index (χ4n) is 3.81. The Morgan fingerprint density at radius 2 is 2.04 bits per heavy atom. The molecule has 0 radical (unpaired) electrons. The number of carbonyl (C=O) groups is 2. The Hall–Kier alpha value is -2.24. The first-order valence-electron chi connectivity index (χ1n) is 8.37. The van der Waals surface area contributed by atoms with Crippen LogP contribution < -0.4 is 14.8 Å². The Balaban J connectivity index is 1.88. The SMILES string of the molecule is COc1ccc(OC)c(CN2C(=O)N[C@]3(CCCC[C@H]3C)C2=O)c1. The van der Waals surface area contributed by atoms with Gasteiger partial charge >= 0.3 is 6.03 Å². The normalized spacial score (nSPS) is 26.6. The Morgan fingerprint density at radius 3 is 2.71 bits per heavy atom. The molecule has 1 saturated carbocycles. The summed E-state index contributed by atoms with van der Waals surface area (Å²) >= 11 is 0. The molecule has 1 heterocycles. The van der Waals surface area contributed by atoms with Gasteiger partial charge in [0.25, 0.3) is 5.91 Å². The van der Waals surface area contributed by atoms with Crippen LogP contribution in [0, 0.1) is 5.92 Å². The van der Waals surface area contributed by atoms with E-state index in [1.807, 2.05) is 6.92 Å². The Labute approximate surface area is 142 Å². The zero-order valence-corrected chi connectivity index (χ0v) is 14.4. The minimum absolute atomic E-state index is 0.121. The lowest BCUT2D eigenvalue weighted by Gasteiger charge is -2.36. The van der Waals surface area contributed by atoms with Crippen LogP contribution in [0.2, 0.25) is 0 Å². The molecule has 0 aromatic heterocycles. The van der Waals surface area contributed by atoms with E-state index < -0.39 is 5.54 Å². The maximum absolute atomic E-state index is 13.0. The molecule has 1 aliphatic heterocycles. The maximum atomic E-state index is 13.0. The quantitative estimate of drug-likeness (QED) is 0.861. The molecule has 2 aliphatic rings. The van der Waals surface area contributed by atoms with Crippen molar-refractivity contribution in [2.24, 2.45) is 5.92 Å². The van der Waals surface area contributed by atoms with Crippen LogP contribution in [0.5, 0.6) is 11.5 Å². The third-order valence-corrected chi connectivity index (χ3v) is 5.32. The second-order valence-electron chi connectivity index (χ2n) is 6.62. The van der Waals surface area contributed by atoms with Gasteiger partial charge in [-0.3, -0.25) is 9.69 Å². The zero-order chi connectivity index (χ0) is 17.3. The van der Waals surface area contributed by atoms with Gasteiger partial charge in [-0.25, -0.2) is 4.79 Å². The summed E-state index contributed by atoms with van der Waals surface area (Å²) in [5, 5.41) is 2.97. The molecule has 6 heteroatoms. The molecule has 3 amide bonds. The Kier molecular flexibility index (Phi) is 4.39. The van der Waals surface area contributed by atoms with E-state index in [2.05, 4.69) is 5.32 Å². The van der Waals surface area contributed by atoms with Crippen molar-refractivity contribution in [3.8, 4) is 11.5 Å². The first-order chi connectivity index (χ1) is 11.5. The number of hydrogen-bond donors (Lipinski definition) is 1. The molecule has 24 heavy (non-hydrogen) atoms. The summed E-state index contributed by atoms with van der Waals surface area (Å²) in [6.07, 6.45) is 3.75. The fraction of sp³-hybridized carbons (Fsp3) is 0.556. The molecule has 2 fully saturated rings. The minimum Gasteiger partial charge on any atom is -0.497 e. The Bertz CT molecular complexity index is 660. The van der Waals surface area contributed by atoms with Crippen molar-refractivity contribution >= 4 is 11.9 Å². The number of carbonyl (C=O) groups excluding carboxylic acids is 2. The summed E-state index contributed by atoms with van der Waals surface area (Å²) < 4.78 is 10.6. The van der Waals surface area contributed by atoms with Gasteiger partial charge in [0.05, 0.1) is 20.8 Å². The second kappa shape index (κ2) is 6.34. The van der Waals surface area contributed by atoms with E-state index in [1.165, 1.54) is 4.90 Å². The smallest absolute Gasteiger partial charge is 0.325 e. The molecule has 1 spiro atoms. The van der Waals surface area contributed by atoms with Gasteiger partial charge < -0.3 is 14.8 Å². The van der Waals surface area contributed by atoms with E-state index >= 15 is 0 Å². The van der Waals surface area contributed by atoms with Crippen molar-refractivity contribution in [2.45, 2.75) is 44.7 Å². The molecule has 1 aromatic carbocycles. The van der Waals surface area contributed by atoms with Crippen LogP contribution in [0.4, 0.5) is 4.79 Å². The number of hydrogen-bond acceptors (Lipinski definition) is 4. The van der Waals surface area contributed by atoms with Crippen LogP contribution >= 0.6 is 0 Å². The lowest BCUT2D eigenvalue weighted by atomic mass is 9.73. The van der Waals surface area contributed by atoms with Gasteiger partial charge in [-0.15, -0.1) is 0 Å². The third kappa shape index (κ3) is 2.60. The highest BCUT2D eigenvalue weighted by molar-refractivity contribution is 6.07. The van der Waals surface area contributed by atoms with Crippen LogP contribution in [0.1, 0.15) is 38.2 Å². The van der Waals surface area contributed by atoms with Gasteiger partial charge in [0, 0.05) is 5.56 Å². The minimum atomic E-state index is -0.735. The van der Waals surface area contributed by atoms with Crippen molar-refractivity contribution in [1.29, 1.82) is 0 Å². The van der Waals surface area contributed by atoms with Gasteiger partial charge in [0.2, 0.25) is 0 Å². The van der Waals surface area contributed by atoms with Gasteiger partial charge in [0.1, 0.15) is 17.0 Å². The van der Waals surface area contributed by atoms with E-state index in [0.717, 1.165) is 24.8 Å². The molecule has 3 rings (SSSR count). The lowest BCUT2D eigenvalue weighted by Crippen LogP contribution is -2.53. The van der Waals surface area contributed by atoms with Gasteiger partial charge in [-0.05, 0) is 37.0 Å². The predicted molar refractivity (Wildman–Crippen MR) is 89.0 cm³/mol. The lowest BCUT2D eigenvalue weighted by molar-refractivity contribution is -0.134. The van der Waals surface area contributed by atoms with Crippen molar-refractivity contribution in [3.05, 3.63) is 23.8 Å². The molecule has 1 aromatic rings. The number of benzene rings is 1. The molecule has 1 aliphatic carbocycles. The summed E-state index contributed by atoms with van der Waals surface area (Å²) in [4.78, 5) is 26.8. The summed E-state index contributed by atoms with van der Waals surface area (Å²) in [5.41, 5.74) is 0.0161. The van der Waals surface area contributed by atoms with E-state index in [0.29, 0.717) is 17.9 Å². The van der Waals surface area contributed by atoms with E-state index in [-0.39, 0.29) is 24.4 Å². The van der Waals surface area contributed by atoms with Crippen molar-refractivity contribution in [3.63, 3.8) is 0 Å². The molecule has 0 bridgehead atoms. The second-order valence-corrected chi connectivity index (χ2v) is 6.62. The number of imide groups is 1. The number of urea groups is 1. The summed E-state index contributed by atoms with van der Waals surface area (Å²) in [6, 6.07) is 5.05. The van der Waals surface area contributed by atoms with Crippen LogP contribution in [0.25, 0.3) is 0 Å². The van der Waals surface area contributed by atoms with Gasteiger partial charge in [-0.1, -0.05) is 19.8 Å². The molecule has 1 saturated heterocycles. The molecule has 0 unspecified atom stereocenters. The molecule has 2 atom stereocenters. The summed E-state index contributed by atoms with van der Waals surface area (Å²) in [6.45, 7) is 2.23. The number of nitrogens with one attached hydrogen (secondary N) is 1. The number of ether oxygens (including phenoxy) is 2. The predicted octanol–water partition coefficient (Wildman–Crippen LogP) is 2.70.